The van der Waals surface area contributed by atoms with Crippen molar-refractivity contribution in [3.8, 4) is 0 Å². The Balaban J connectivity index is 2.25. The second kappa shape index (κ2) is 7.22. The highest BCUT2D eigenvalue weighted by Crippen LogP contribution is 2.24. The molecule has 0 aromatic heterocycles. The summed E-state index contributed by atoms with van der Waals surface area (Å²) in [6.07, 6.45) is 0. The molecule has 0 saturated heterocycles. The van der Waals surface area contributed by atoms with Crippen LogP contribution in [0, 0.1) is 0 Å². The Labute approximate surface area is 129 Å². The van der Waals surface area contributed by atoms with Crippen molar-refractivity contribution in [3.05, 3.63) is 70.7 Å². The Morgan fingerprint density at radius 3 is 2.43 bits per heavy atom. The number of nitrogens with zero attached hydrogens (tertiary/aromatic N) is 1. The Morgan fingerprint density at radius 1 is 1.19 bits per heavy atom. The number of hydrogen-bond donors (Lipinski definition) is 2. The second-order valence-corrected chi connectivity index (χ2v) is 5.24. The van der Waals surface area contributed by atoms with Crippen molar-refractivity contribution in [2.75, 3.05) is 7.05 Å². The van der Waals surface area contributed by atoms with Gasteiger partial charge < -0.3 is 0 Å². The van der Waals surface area contributed by atoms with E-state index in [0.29, 0.717) is 11.6 Å². The molecule has 0 radical (unpaired) electrons. The van der Waals surface area contributed by atoms with Crippen LogP contribution in [-0.4, -0.2) is 17.9 Å². The molecule has 0 fully saturated rings. The maximum absolute atomic E-state index is 12.1. The van der Waals surface area contributed by atoms with Gasteiger partial charge >= 0.3 is 0 Å². The molecule has 1 atom stereocenters. The van der Waals surface area contributed by atoms with Gasteiger partial charge in [-0.2, -0.15) is 0 Å². The monoisotopic (exact) mass is 303 g/mol. The van der Waals surface area contributed by atoms with Gasteiger partial charge in [-0.3, -0.25) is 15.1 Å². The first-order chi connectivity index (χ1) is 10.1. The van der Waals surface area contributed by atoms with Gasteiger partial charge in [0.05, 0.1) is 0 Å². The number of rotatable bonds is 5. The smallest absolute Gasteiger partial charge is 0.255 e. The molecule has 4 nitrogen and oxygen atoms in total. The number of carbonyl (C=O) groups excluding carboxylic acids is 1. The lowest BCUT2D eigenvalue weighted by molar-refractivity contribution is -0.126. The zero-order chi connectivity index (χ0) is 15.2. The normalized spacial score (nSPS) is 12.2. The molecule has 2 aromatic carbocycles. The first-order valence-corrected chi connectivity index (χ1v) is 7.00. The number of carbonyl (C=O) groups is 1. The summed E-state index contributed by atoms with van der Waals surface area (Å²) < 4.78 is 0. The van der Waals surface area contributed by atoms with Crippen LogP contribution in [-0.2, 0) is 11.3 Å². The molecule has 0 aliphatic rings. The predicted molar refractivity (Wildman–Crippen MR) is 84.4 cm³/mol. The van der Waals surface area contributed by atoms with Crippen LogP contribution in [0.5, 0.6) is 0 Å². The minimum atomic E-state index is -0.465. The Hall–Kier alpha value is -1.88. The van der Waals surface area contributed by atoms with Gasteiger partial charge in [-0.25, -0.2) is 5.84 Å². The van der Waals surface area contributed by atoms with Crippen molar-refractivity contribution < 1.29 is 4.79 Å². The fourth-order valence-electron chi connectivity index (χ4n) is 2.31. The summed E-state index contributed by atoms with van der Waals surface area (Å²) in [6, 6.07) is 16.6. The average molecular weight is 304 g/mol. The number of amides is 1. The van der Waals surface area contributed by atoms with E-state index < -0.39 is 6.04 Å². The van der Waals surface area contributed by atoms with Gasteiger partial charge in [-0.15, -0.1) is 0 Å². The number of hydrogen-bond acceptors (Lipinski definition) is 3. The summed E-state index contributed by atoms with van der Waals surface area (Å²) in [5.74, 6) is 5.07. The van der Waals surface area contributed by atoms with Gasteiger partial charge in [0.25, 0.3) is 5.91 Å². The van der Waals surface area contributed by atoms with E-state index in [1.807, 2.05) is 66.5 Å². The number of nitrogens with two attached hydrogens (primary N) is 1. The van der Waals surface area contributed by atoms with Crippen LogP contribution in [0.4, 0.5) is 0 Å². The van der Waals surface area contributed by atoms with Gasteiger partial charge in [0.2, 0.25) is 0 Å². The minimum absolute atomic E-state index is 0.254. The van der Waals surface area contributed by atoms with Crippen molar-refractivity contribution in [3.63, 3.8) is 0 Å². The zero-order valence-electron chi connectivity index (χ0n) is 11.8. The van der Waals surface area contributed by atoms with Crippen molar-refractivity contribution in [2.45, 2.75) is 12.6 Å². The molecule has 1 unspecified atom stereocenters. The highest BCUT2D eigenvalue weighted by Gasteiger charge is 2.24. The average Bonchev–Trinajstić information content (AvgIpc) is 2.50. The number of halogens is 1. The van der Waals surface area contributed by atoms with Crippen molar-refractivity contribution in [2.24, 2.45) is 5.84 Å². The molecular formula is C16H18ClN3O. The third kappa shape index (κ3) is 3.82. The number of hydrazine groups is 1. The molecule has 5 heteroatoms. The molecule has 110 valence electrons. The summed E-state index contributed by atoms with van der Waals surface area (Å²) in [5, 5.41) is 0.685. The van der Waals surface area contributed by atoms with Crippen molar-refractivity contribution in [1.29, 1.82) is 0 Å². The summed E-state index contributed by atoms with van der Waals surface area (Å²) in [4.78, 5) is 14.0. The lowest BCUT2D eigenvalue weighted by Gasteiger charge is -2.27. The highest BCUT2D eigenvalue weighted by atomic mass is 35.5. The minimum Gasteiger partial charge on any atom is -0.293 e. The molecule has 2 aromatic rings. The second-order valence-electron chi connectivity index (χ2n) is 4.83. The van der Waals surface area contributed by atoms with Crippen LogP contribution in [0.3, 0.4) is 0 Å². The van der Waals surface area contributed by atoms with Crippen LogP contribution in [0.1, 0.15) is 17.2 Å². The van der Waals surface area contributed by atoms with Gasteiger partial charge in [0, 0.05) is 11.6 Å². The predicted octanol–water partition coefficient (Wildman–Crippen LogP) is 2.50. The van der Waals surface area contributed by atoms with Gasteiger partial charge in [0.15, 0.2) is 0 Å². The molecule has 21 heavy (non-hydrogen) atoms. The fraction of sp³-hybridized carbons (Fsp3) is 0.188. The van der Waals surface area contributed by atoms with Crippen LogP contribution in [0.2, 0.25) is 5.02 Å². The summed E-state index contributed by atoms with van der Waals surface area (Å²) in [6.45, 7) is 0.548. The Bertz CT molecular complexity index is 603. The van der Waals surface area contributed by atoms with Gasteiger partial charge in [-0.1, -0.05) is 60.1 Å². The number of likely N-dealkylation sites (N-methyl/N-ethyl adjacent to an activating group) is 1. The number of benzene rings is 2. The first-order valence-electron chi connectivity index (χ1n) is 6.62. The summed E-state index contributed by atoms with van der Waals surface area (Å²) in [7, 11) is 1.87. The zero-order valence-corrected chi connectivity index (χ0v) is 12.5. The van der Waals surface area contributed by atoms with Gasteiger partial charge in [0.1, 0.15) is 6.04 Å². The quantitative estimate of drug-likeness (QED) is 0.507. The molecule has 0 bridgehead atoms. The molecule has 0 aliphatic heterocycles. The van der Waals surface area contributed by atoms with E-state index in [-0.39, 0.29) is 5.91 Å². The molecule has 0 heterocycles. The molecule has 0 saturated carbocycles. The van der Waals surface area contributed by atoms with Gasteiger partial charge in [-0.05, 0) is 24.2 Å². The Morgan fingerprint density at radius 2 is 1.81 bits per heavy atom. The summed E-state index contributed by atoms with van der Waals surface area (Å²) >= 11 is 6.18. The maximum atomic E-state index is 12.1. The SMILES string of the molecule is CN(Cc1ccccc1Cl)C(C(=O)NN)c1ccccc1. The van der Waals surface area contributed by atoms with E-state index in [4.69, 9.17) is 17.4 Å². The third-order valence-corrected chi connectivity index (χ3v) is 3.69. The molecular weight excluding hydrogens is 286 g/mol. The topological polar surface area (TPSA) is 58.4 Å². The van der Waals surface area contributed by atoms with E-state index in [0.717, 1.165) is 11.1 Å². The number of nitrogens with one attached hydrogen (secondary N) is 1. The lowest BCUT2D eigenvalue weighted by Crippen LogP contribution is -2.41. The van der Waals surface area contributed by atoms with Crippen molar-refractivity contribution >= 4 is 17.5 Å². The van der Waals surface area contributed by atoms with Crippen LogP contribution in [0.25, 0.3) is 0 Å². The Kier molecular flexibility index (Phi) is 5.33. The molecule has 3 N–H and O–H groups in total. The third-order valence-electron chi connectivity index (χ3n) is 3.32. The van der Waals surface area contributed by atoms with E-state index in [1.165, 1.54) is 0 Å². The van der Waals surface area contributed by atoms with Crippen molar-refractivity contribution in [1.82, 2.24) is 10.3 Å². The van der Waals surface area contributed by atoms with E-state index in [1.54, 1.807) is 0 Å². The van der Waals surface area contributed by atoms with E-state index in [2.05, 4.69) is 5.43 Å². The first kappa shape index (κ1) is 15.5. The molecule has 1 amide bonds. The maximum Gasteiger partial charge on any atom is 0.255 e. The van der Waals surface area contributed by atoms with Crippen LogP contribution in [0.15, 0.2) is 54.6 Å². The van der Waals surface area contributed by atoms with E-state index in [9.17, 15) is 4.79 Å². The highest BCUT2D eigenvalue weighted by molar-refractivity contribution is 6.31. The lowest BCUT2D eigenvalue weighted by atomic mass is 10.0. The molecule has 0 aliphatic carbocycles. The van der Waals surface area contributed by atoms with Crippen LogP contribution < -0.4 is 11.3 Å². The van der Waals surface area contributed by atoms with Crippen LogP contribution >= 0.6 is 11.6 Å². The standard InChI is InChI=1S/C16H18ClN3O/c1-20(11-13-9-5-6-10-14(13)17)15(16(21)19-18)12-7-3-2-4-8-12/h2-10,15H,11,18H2,1H3,(H,19,21). The fourth-order valence-corrected chi connectivity index (χ4v) is 2.50. The molecule has 2 rings (SSSR count). The largest absolute Gasteiger partial charge is 0.293 e. The van der Waals surface area contributed by atoms with E-state index >= 15 is 0 Å². The molecule has 0 spiro atoms. The summed E-state index contributed by atoms with van der Waals surface area (Å²) in [5.41, 5.74) is 4.08.